The summed E-state index contributed by atoms with van der Waals surface area (Å²) in [6.07, 6.45) is 1.94. The number of carboxylic acid groups (broad SMARTS) is 1. The number of aromatic carboxylic acids is 1. The number of halogens is 1. The minimum Gasteiger partial charge on any atom is -0.478 e. The van der Waals surface area contributed by atoms with E-state index in [0.717, 1.165) is 12.8 Å². The molecule has 0 aromatic heterocycles. The van der Waals surface area contributed by atoms with Crippen LogP contribution < -0.4 is 4.90 Å². The zero-order valence-corrected chi connectivity index (χ0v) is 12.3. The second-order valence-corrected chi connectivity index (χ2v) is 6.57. The predicted molar refractivity (Wildman–Crippen MR) is 77.8 cm³/mol. The normalized spacial score (nSPS) is 17.3. The predicted octanol–water partition coefficient (Wildman–Crippen LogP) is 3.79. The van der Waals surface area contributed by atoms with Crippen LogP contribution in [0.4, 0.5) is 10.1 Å². The van der Waals surface area contributed by atoms with E-state index < -0.39 is 11.8 Å². The molecule has 3 nitrogen and oxygen atoms in total. The number of rotatable bonds is 2. The average Bonchev–Trinajstić information content (AvgIpc) is 2.37. The minimum absolute atomic E-state index is 0.0548. The molecule has 1 aliphatic heterocycles. The number of para-hydroxylation sites is 1. The lowest BCUT2D eigenvalue weighted by Gasteiger charge is -2.40. The highest BCUT2D eigenvalue weighted by molar-refractivity contribution is 5.94. The van der Waals surface area contributed by atoms with Crippen molar-refractivity contribution in [2.24, 2.45) is 11.3 Å². The van der Waals surface area contributed by atoms with Crippen molar-refractivity contribution < 1.29 is 14.3 Å². The lowest BCUT2D eigenvalue weighted by atomic mass is 9.75. The van der Waals surface area contributed by atoms with Gasteiger partial charge in [-0.15, -0.1) is 0 Å². The second-order valence-electron chi connectivity index (χ2n) is 6.57. The molecule has 0 saturated carbocycles. The van der Waals surface area contributed by atoms with Gasteiger partial charge in [-0.1, -0.05) is 26.8 Å². The summed E-state index contributed by atoms with van der Waals surface area (Å²) in [7, 11) is 0. The van der Waals surface area contributed by atoms with E-state index in [1.807, 2.05) is 4.90 Å². The molecule has 0 atom stereocenters. The third kappa shape index (κ3) is 2.94. The Morgan fingerprint density at radius 2 is 1.90 bits per heavy atom. The first-order valence-corrected chi connectivity index (χ1v) is 7.07. The van der Waals surface area contributed by atoms with Crippen molar-refractivity contribution in [2.75, 3.05) is 18.0 Å². The fraction of sp³-hybridized carbons (Fsp3) is 0.562. The molecule has 110 valence electrons. The van der Waals surface area contributed by atoms with E-state index in [1.165, 1.54) is 18.2 Å². The van der Waals surface area contributed by atoms with Crippen molar-refractivity contribution in [1.29, 1.82) is 0 Å². The molecule has 0 bridgehead atoms. The van der Waals surface area contributed by atoms with Gasteiger partial charge in [0.05, 0.1) is 11.3 Å². The maximum absolute atomic E-state index is 14.0. The Morgan fingerprint density at radius 3 is 2.40 bits per heavy atom. The highest BCUT2D eigenvalue weighted by Crippen LogP contribution is 2.36. The van der Waals surface area contributed by atoms with Crippen molar-refractivity contribution in [3.63, 3.8) is 0 Å². The molecule has 2 rings (SSSR count). The van der Waals surface area contributed by atoms with E-state index in [9.17, 15) is 14.3 Å². The van der Waals surface area contributed by atoms with Crippen molar-refractivity contribution in [1.82, 2.24) is 0 Å². The number of nitrogens with zero attached hydrogens (tertiary/aromatic N) is 1. The number of benzene rings is 1. The van der Waals surface area contributed by atoms with Gasteiger partial charge in [0, 0.05) is 13.1 Å². The molecular formula is C16H22FNO2. The van der Waals surface area contributed by atoms with E-state index in [4.69, 9.17) is 0 Å². The van der Waals surface area contributed by atoms with Gasteiger partial charge in [-0.2, -0.15) is 0 Å². The SMILES string of the molecule is CC(C)(C)C1CCN(c2c(F)cccc2C(=O)O)CC1. The van der Waals surface area contributed by atoms with Gasteiger partial charge in [0.15, 0.2) is 0 Å². The third-order valence-corrected chi connectivity index (χ3v) is 4.25. The largest absolute Gasteiger partial charge is 0.478 e. The molecule has 0 unspecified atom stereocenters. The van der Waals surface area contributed by atoms with Crippen LogP contribution in [0.1, 0.15) is 44.0 Å². The van der Waals surface area contributed by atoms with Gasteiger partial charge in [-0.3, -0.25) is 0 Å². The van der Waals surface area contributed by atoms with E-state index in [2.05, 4.69) is 20.8 Å². The topological polar surface area (TPSA) is 40.5 Å². The van der Waals surface area contributed by atoms with E-state index in [1.54, 1.807) is 0 Å². The Labute approximate surface area is 119 Å². The lowest BCUT2D eigenvalue weighted by molar-refractivity contribution is 0.0696. The molecular weight excluding hydrogens is 257 g/mol. The zero-order chi connectivity index (χ0) is 14.9. The van der Waals surface area contributed by atoms with Crippen LogP contribution in [0.3, 0.4) is 0 Å². The number of hydrogen-bond donors (Lipinski definition) is 1. The molecule has 1 heterocycles. The summed E-state index contributed by atoms with van der Waals surface area (Å²) in [6, 6.07) is 4.25. The third-order valence-electron chi connectivity index (χ3n) is 4.25. The lowest BCUT2D eigenvalue weighted by Crippen LogP contribution is -2.39. The monoisotopic (exact) mass is 279 g/mol. The van der Waals surface area contributed by atoms with Crippen LogP contribution in [0.25, 0.3) is 0 Å². The first-order valence-electron chi connectivity index (χ1n) is 7.07. The van der Waals surface area contributed by atoms with Crippen molar-refractivity contribution in [3.8, 4) is 0 Å². The summed E-state index contributed by atoms with van der Waals surface area (Å²) in [6.45, 7) is 8.09. The Morgan fingerprint density at radius 1 is 1.30 bits per heavy atom. The number of hydrogen-bond acceptors (Lipinski definition) is 2. The fourth-order valence-electron chi connectivity index (χ4n) is 2.98. The molecule has 0 aliphatic carbocycles. The Bertz CT molecular complexity index is 500. The van der Waals surface area contributed by atoms with Crippen LogP contribution in [0, 0.1) is 17.2 Å². The van der Waals surface area contributed by atoms with Crippen molar-refractivity contribution in [2.45, 2.75) is 33.6 Å². The first kappa shape index (κ1) is 14.8. The van der Waals surface area contributed by atoms with Crippen molar-refractivity contribution in [3.05, 3.63) is 29.6 Å². The average molecular weight is 279 g/mol. The minimum atomic E-state index is -1.07. The molecule has 4 heteroatoms. The van der Waals surface area contributed by atoms with Crippen LogP contribution >= 0.6 is 0 Å². The molecule has 1 saturated heterocycles. The van der Waals surface area contributed by atoms with Gasteiger partial charge in [-0.05, 0) is 36.3 Å². The highest BCUT2D eigenvalue weighted by Gasteiger charge is 2.30. The zero-order valence-electron chi connectivity index (χ0n) is 12.3. The molecule has 0 amide bonds. The summed E-state index contributed by atoms with van der Waals surface area (Å²) in [5.41, 5.74) is 0.545. The molecule has 1 aromatic carbocycles. The highest BCUT2D eigenvalue weighted by atomic mass is 19.1. The number of piperidine rings is 1. The molecule has 0 spiro atoms. The van der Waals surface area contributed by atoms with Gasteiger partial charge in [-0.25, -0.2) is 9.18 Å². The number of carbonyl (C=O) groups is 1. The molecule has 20 heavy (non-hydrogen) atoms. The van der Waals surface area contributed by atoms with E-state index >= 15 is 0 Å². The molecule has 1 aliphatic rings. The van der Waals surface area contributed by atoms with Crippen LogP contribution in [0.2, 0.25) is 0 Å². The van der Waals surface area contributed by atoms with Gasteiger partial charge in [0.1, 0.15) is 5.82 Å². The van der Waals surface area contributed by atoms with Gasteiger partial charge in [0.2, 0.25) is 0 Å². The molecule has 1 N–H and O–H groups in total. The molecule has 0 radical (unpaired) electrons. The van der Waals surface area contributed by atoms with E-state index in [-0.39, 0.29) is 16.7 Å². The van der Waals surface area contributed by atoms with Gasteiger partial charge in [0.25, 0.3) is 0 Å². The van der Waals surface area contributed by atoms with Crippen molar-refractivity contribution >= 4 is 11.7 Å². The maximum Gasteiger partial charge on any atom is 0.337 e. The quantitative estimate of drug-likeness (QED) is 0.895. The maximum atomic E-state index is 14.0. The Kier molecular flexibility index (Phi) is 4.02. The number of carboxylic acids is 1. The summed E-state index contributed by atoms with van der Waals surface area (Å²) in [5, 5.41) is 9.21. The van der Waals surface area contributed by atoms with Crippen LogP contribution in [0.15, 0.2) is 18.2 Å². The second kappa shape index (κ2) is 5.43. The molecule has 1 fully saturated rings. The van der Waals surface area contributed by atoms with Gasteiger partial charge >= 0.3 is 5.97 Å². The standard InChI is InChI=1S/C16H22FNO2/c1-16(2,3)11-7-9-18(10-8-11)14-12(15(19)20)5-4-6-13(14)17/h4-6,11H,7-10H2,1-3H3,(H,19,20). The fourth-order valence-corrected chi connectivity index (χ4v) is 2.98. The summed E-state index contributed by atoms with van der Waals surface area (Å²) >= 11 is 0. The smallest absolute Gasteiger partial charge is 0.337 e. The summed E-state index contributed by atoms with van der Waals surface area (Å²) in [5.74, 6) is -0.921. The Balaban J connectivity index is 2.21. The first-order chi connectivity index (χ1) is 9.30. The van der Waals surface area contributed by atoms with E-state index in [0.29, 0.717) is 19.0 Å². The van der Waals surface area contributed by atoms with Crippen LogP contribution in [-0.2, 0) is 0 Å². The summed E-state index contributed by atoms with van der Waals surface area (Å²) in [4.78, 5) is 13.1. The molecule has 1 aromatic rings. The summed E-state index contributed by atoms with van der Waals surface area (Å²) < 4.78 is 14.0. The Hall–Kier alpha value is -1.58. The van der Waals surface area contributed by atoms with Crippen LogP contribution in [0.5, 0.6) is 0 Å². The van der Waals surface area contributed by atoms with Crippen LogP contribution in [-0.4, -0.2) is 24.2 Å². The number of anilines is 1. The van der Waals surface area contributed by atoms with Gasteiger partial charge < -0.3 is 10.0 Å².